The lowest BCUT2D eigenvalue weighted by Gasteiger charge is -2.50. The molecule has 3 rings (SSSR count). The van der Waals surface area contributed by atoms with Gasteiger partial charge in [0.05, 0.1) is 29.4 Å². The number of amides is 4. The highest BCUT2D eigenvalue weighted by Gasteiger charge is 2.50. The monoisotopic (exact) mass is 411 g/mol. The summed E-state index contributed by atoms with van der Waals surface area (Å²) in [4.78, 5) is 42.6. The average molecular weight is 412 g/mol. The van der Waals surface area contributed by atoms with E-state index in [-0.39, 0.29) is 35.6 Å². The number of carbonyl (C=O) groups excluding carboxylic acids is 3. The molecule has 9 heteroatoms. The van der Waals surface area contributed by atoms with E-state index in [0.717, 1.165) is 38.8 Å². The molecule has 0 aromatic heterocycles. The number of imide groups is 1. The smallest absolute Gasteiger partial charge is 0.327 e. The molecule has 0 radical (unpaired) electrons. The first-order chi connectivity index (χ1) is 13.3. The van der Waals surface area contributed by atoms with Crippen molar-refractivity contribution >= 4 is 29.6 Å². The Morgan fingerprint density at radius 3 is 2.50 bits per heavy atom. The Balaban J connectivity index is 1.69. The van der Waals surface area contributed by atoms with Gasteiger partial charge in [-0.15, -0.1) is 11.8 Å². The Bertz CT molecular complexity index is 610. The van der Waals surface area contributed by atoms with Crippen LogP contribution in [0.2, 0.25) is 0 Å². The van der Waals surface area contributed by atoms with E-state index < -0.39 is 5.92 Å². The van der Waals surface area contributed by atoms with E-state index in [1.165, 1.54) is 23.7 Å². The first-order valence-electron chi connectivity index (χ1n) is 10.3. The van der Waals surface area contributed by atoms with Gasteiger partial charge in [-0.1, -0.05) is 20.3 Å². The molecule has 158 valence electrons. The maximum absolute atomic E-state index is 12.9. The minimum Gasteiger partial charge on any atom is -0.342 e. The molecule has 0 spiro atoms. The third-order valence-corrected chi connectivity index (χ3v) is 7.33. The van der Waals surface area contributed by atoms with Gasteiger partial charge >= 0.3 is 6.03 Å². The predicted octanol–water partition coefficient (Wildman–Crippen LogP) is 1.09. The van der Waals surface area contributed by atoms with Gasteiger partial charge < -0.3 is 9.80 Å². The number of carbonyl (C=O) groups is 3. The molecule has 0 aromatic carbocycles. The van der Waals surface area contributed by atoms with Gasteiger partial charge in [0, 0.05) is 27.2 Å². The van der Waals surface area contributed by atoms with Gasteiger partial charge in [0.25, 0.3) is 0 Å². The third kappa shape index (κ3) is 4.31. The number of piperidine rings is 1. The lowest BCUT2D eigenvalue weighted by atomic mass is 9.96. The number of rotatable bonds is 5. The highest BCUT2D eigenvalue weighted by Crippen LogP contribution is 2.32. The van der Waals surface area contributed by atoms with Crippen LogP contribution in [-0.4, -0.2) is 83.2 Å². The summed E-state index contributed by atoms with van der Waals surface area (Å²) >= 11 is 1.50. The van der Waals surface area contributed by atoms with Crippen molar-refractivity contribution < 1.29 is 14.4 Å². The molecule has 0 aromatic rings. The first kappa shape index (κ1) is 21.4. The normalized spacial score (nSPS) is 31.9. The maximum atomic E-state index is 12.9. The van der Waals surface area contributed by atoms with Crippen LogP contribution in [0.1, 0.15) is 39.5 Å². The molecule has 3 aliphatic rings. The fraction of sp³-hybridized carbons (Fsp3) is 0.842. The fourth-order valence-corrected chi connectivity index (χ4v) is 5.47. The zero-order valence-electron chi connectivity index (χ0n) is 17.3. The van der Waals surface area contributed by atoms with Crippen LogP contribution in [0, 0.1) is 11.8 Å². The van der Waals surface area contributed by atoms with E-state index in [1.54, 1.807) is 11.9 Å². The van der Waals surface area contributed by atoms with E-state index in [4.69, 9.17) is 0 Å². The molecule has 3 saturated heterocycles. The minimum atomic E-state index is -0.417. The Labute approximate surface area is 171 Å². The molecule has 4 unspecified atom stereocenters. The summed E-state index contributed by atoms with van der Waals surface area (Å²) in [7, 11) is 3.25. The van der Waals surface area contributed by atoms with Gasteiger partial charge in [0.1, 0.15) is 0 Å². The SMILES string of the molecule is CCCC1NC(SCC(=O)N2CCC(C)CC2)C2C(=O)N(C)C(=O)N(C)C2N1. The standard InChI is InChI=1S/C19H33N5O3S/c1-5-6-13-20-16-15(18(26)23(4)19(27)22(16)3)17(21-13)28-11-14(25)24-9-7-12(2)8-10-24/h12-13,15-17,20-21H,5-11H2,1-4H3. The number of fused-ring (bicyclic) bond motifs is 1. The second kappa shape index (κ2) is 9.00. The van der Waals surface area contributed by atoms with E-state index >= 15 is 0 Å². The van der Waals surface area contributed by atoms with Gasteiger partial charge in [-0.25, -0.2) is 4.79 Å². The quantitative estimate of drug-likeness (QED) is 0.705. The molecule has 28 heavy (non-hydrogen) atoms. The molecule has 3 fully saturated rings. The molecule has 0 bridgehead atoms. The molecule has 3 aliphatic heterocycles. The largest absolute Gasteiger partial charge is 0.342 e. The van der Waals surface area contributed by atoms with Crippen LogP contribution in [0.5, 0.6) is 0 Å². The number of hydrogen-bond acceptors (Lipinski definition) is 6. The summed E-state index contributed by atoms with van der Waals surface area (Å²) in [6.45, 7) is 5.98. The molecular weight excluding hydrogens is 378 g/mol. The number of thioether (sulfide) groups is 1. The molecule has 8 nitrogen and oxygen atoms in total. The summed E-state index contributed by atoms with van der Waals surface area (Å²) in [6, 6.07) is -0.293. The molecule has 0 aliphatic carbocycles. The zero-order valence-corrected chi connectivity index (χ0v) is 18.1. The number of likely N-dealkylation sites (tertiary alicyclic amines) is 1. The van der Waals surface area contributed by atoms with Crippen LogP contribution in [0.15, 0.2) is 0 Å². The third-order valence-electron chi connectivity index (χ3n) is 6.13. The minimum absolute atomic E-state index is 0.0149. The second-order valence-corrected chi connectivity index (χ2v) is 9.36. The first-order valence-corrected chi connectivity index (χ1v) is 11.3. The Hall–Kier alpha value is -1.32. The second-order valence-electron chi connectivity index (χ2n) is 8.23. The maximum Gasteiger partial charge on any atom is 0.327 e. The Morgan fingerprint density at radius 1 is 1.18 bits per heavy atom. The van der Waals surface area contributed by atoms with E-state index in [2.05, 4.69) is 24.5 Å². The van der Waals surface area contributed by atoms with Crippen molar-refractivity contribution in [2.24, 2.45) is 11.8 Å². The van der Waals surface area contributed by atoms with Crippen LogP contribution in [0.25, 0.3) is 0 Å². The number of nitrogens with one attached hydrogen (secondary N) is 2. The van der Waals surface area contributed by atoms with Gasteiger partial charge in [-0.05, 0) is 25.2 Å². The van der Waals surface area contributed by atoms with Crippen LogP contribution >= 0.6 is 11.8 Å². The molecule has 3 heterocycles. The molecular formula is C19H33N5O3S. The van der Waals surface area contributed by atoms with Crippen molar-refractivity contribution in [1.29, 1.82) is 0 Å². The van der Waals surface area contributed by atoms with Crippen molar-refractivity contribution in [2.75, 3.05) is 32.9 Å². The van der Waals surface area contributed by atoms with E-state index in [1.807, 2.05) is 4.90 Å². The van der Waals surface area contributed by atoms with Gasteiger partial charge in [-0.2, -0.15) is 0 Å². The Kier molecular flexibility index (Phi) is 6.88. The summed E-state index contributed by atoms with van der Waals surface area (Å²) < 4.78 is 0. The van der Waals surface area contributed by atoms with E-state index in [9.17, 15) is 14.4 Å². The van der Waals surface area contributed by atoms with Crippen LogP contribution in [-0.2, 0) is 9.59 Å². The predicted molar refractivity (Wildman–Crippen MR) is 109 cm³/mol. The van der Waals surface area contributed by atoms with Crippen molar-refractivity contribution in [3.63, 3.8) is 0 Å². The summed E-state index contributed by atoms with van der Waals surface area (Å²) in [5.74, 6) is 0.562. The highest BCUT2D eigenvalue weighted by atomic mass is 32.2. The van der Waals surface area contributed by atoms with Crippen molar-refractivity contribution in [3.05, 3.63) is 0 Å². The van der Waals surface area contributed by atoms with Crippen molar-refractivity contribution in [2.45, 2.75) is 57.2 Å². The van der Waals surface area contributed by atoms with Crippen LogP contribution in [0.4, 0.5) is 4.79 Å². The van der Waals surface area contributed by atoms with Crippen molar-refractivity contribution in [1.82, 2.24) is 25.3 Å². The van der Waals surface area contributed by atoms with Gasteiger partial charge in [0.15, 0.2) is 0 Å². The summed E-state index contributed by atoms with van der Waals surface area (Å²) in [6.07, 6.45) is 3.65. The molecule has 2 N–H and O–H groups in total. The number of hydrogen-bond donors (Lipinski definition) is 2. The highest BCUT2D eigenvalue weighted by molar-refractivity contribution is 8.00. The fourth-order valence-electron chi connectivity index (χ4n) is 4.23. The van der Waals surface area contributed by atoms with Crippen molar-refractivity contribution in [3.8, 4) is 0 Å². The lowest BCUT2D eigenvalue weighted by molar-refractivity contribution is -0.140. The lowest BCUT2D eigenvalue weighted by Crippen LogP contribution is -2.74. The molecule has 0 saturated carbocycles. The van der Waals surface area contributed by atoms with Crippen LogP contribution in [0.3, 0.4) is 0 Å². The van der Waals surface area contributed by atoms with Gasteiger partial charge in [0.2, 0.25) is 11.8 Å². The Morgan fingerprint density at radius 2 is 1.86 bits per heavy atom. The van der Waals surface area contributed by atoms with E-state index in [0.29, 0.717) is 11.7 Å². The van der Waals surface area contributed by atoms with Gasteiger partial charge in [-0.3, -0.25) is 25.1 Å². The topological polar surface area (TPSA) is 85.0 Å². The number of nitrogens with zero attached hydrogens (tertiary/aromatic N) is 3. The zero-order chi connectivity index (χ0) is 20.4. The van der Waals surface area contributed by atoms with Crippen LogP contribution < -0.4 is 10.6 Å². The number of urea groups is 1. The molecule has 4 amide bonds. The summed E-state index contributed by atoms with van der Waals surface area (Å²) in [5.41, 5.74) is 0. The average Bonchev–Trinajstić information content (AvgIpc) is 2.69. The molecule has 4 atom stereocenters. The summed E-state index contributed by atoms with van der Waals surface area (Å²) in [5, 5.41) is 6.70.